The minimum Gasteiger partial charge on any atom is -0.463 e. The van der Waals surface area contributed by atoms with Crippen molar-refractivity contribution in [3.8, 4) is 0 Å². The van der Waals surface area contributed by atoms with Crippen LogP contribution in [0, 0.1) is 0 Å². The largest absolute Gasteiger partial charge is 0.463 e. The van der Waals surface area contributed by atoms with Crippen LogP contribution in [0.1, 0.15) is 52.9 Å². The maximum Gasteiger partial charge on any atom is 0.302 e. The molecular formula is C13H22O3. The minimum atomic E-state index is -0.251. The fourth-order valence-corrected chi connectivity index (χ4v) is 1.39. The van der Waals surface area contributed by atoms with Crippen LogP contribution in [0.4, 0.5) is 0 Å². The summed E-state index contributed by atoms with van der Waals surface area (Å²) in [4.78, 5) is 21.8. The molecule has 0 aromatic rings. The Balaban J connectivity index is 3.54. The first-order valence-corrected chi connectivity index (χ1v) is 5.90. The summed E-state index contributed by atoms with van der Waals surface area (Å²) in [5.41, 5.74) is 0. The summed E-state index contributed by atoms with van der Waals surface area (Å²) in [6.45, 7) is 5.27. The van der Waals surface area contributed by atoms with E-state index in [4.69, 9.17) is 4.74 Å². The highest BCUT2D eigenvalue weighted by Crippen LogP contribution is 2.02. The number of rotatable bonds is 8. The van der Waals surface area contributed by atoms with Gasteiger partial charge < -0.3 is 4.74 Å². The van der Waals surface area contributed by atoms with Crippen LogP contribution in [-0.2, 0) is 14.3 Å². The number of carbonyl (C=O) groups excluding carboxylic acids is 2. The van der Waals surface area contributed by atoms with Crippen LogP contribution in [0.15, 0.2) is 12.2 Å². The first kappa shape index (κ1) is 14.9. The second-order valence-electron chi connectivity index (χ2n) is 3.95. The third-order valence-electron chi connectivity index (χ3n) is 2.12. The first-order valence-electron chi connectivity index (χ1n) is 5.90. The summed E-state index contributed by atoms with van der Waals surface area (Å²) in [6, 6.07) is 0. The smallest absolute Gasteiger partial charge is 0.302 e. The Bertz CT molecular complexity index is 244. The van der Waals surface area contributed by atoms with Crippen molar-refractivity contribution in [1.82, 2.24) is 0 Å². The summed E-state index contributed by atoms with van der Waals surface area (Å²) in [6.07, 6.45) is 7.57. The van der Waals surface area contributed by atoms with Gasteiger partial charge in [0.25, 0.3) is 0 Å². The van der Waals surface area contributed by atoms with Crippen molar-refractivity contribution in [3.05, 3.63) is 12.2 Å². The molecule has 0 spiro atoms. The topological polar surface area (TPSA) is 43.4 Å². The SMILES string of the molecule is CCCC(=O)CCC=CCC(C)OC(C)=O. The van der Waals surface area contributed by atoms with E-state index < -0.39 is 0 Å². The van der Waals surface area contributed by atoms with Gasteiger partial charge >= 0.3 is 5.97 Å². The maximum atomic E-state index is 11.2. The van der Waals surface area contributed by atoms with Crippen molar-refractivity contribution in [3.63, 3.8) is 0 Å². The van der Waals surface area contributed by atoms with E-state index in [0.29, 0.717) is 25.0 Å². The van der Waals surface area contributed by atoms with Gasteiger partial charge in [0.1, 0.15) is 11.9 Å². The molecule has 0 aromatic heterocycles. The molecule has 0 heterocycles. The normalized spacial score (nSPS) is 12.7. The number of carbonyl (C=O) groups is 2. The van der Waals surface area contributed by atoms with Gasteiger partial charge in [-0.3, -0.25) is 9.59 Å². The van der Waals surface area contributed by atoms with Crippen molar-refractivity contribution < 1.29 is 14.3 Å². The zero-order valence-electron chi connectivity index (χ0n) is 10.5. The van der Waals surface area contributed by atoms with E-state index >= 15 is 0 Å². The Kier molecular flexibility index (Phi) is 8.49. The zero-order valence-corrected chi connectivity index (χ0v) is 10.5. The third kappa shape index (κ3) is 9.44. The Morgan fingerprint density at radius 3 is 2.50 bits per heavy atom. The highest BCUT2D eigenvalue weighted by molar-refractivity contribution is 5.78. The number of hydrogen-bond donors (Lipinski definition) is 0. The molecule has 0 amide bonds. The molecule has 0 radical (unpaired) electrons. The number of hydrogen-bond acceptors (Lipinski definition) is 3. The van der Waals surface area contributed by atoms with Gasteiger partial charge in [0.05, 0.1) is 0 Å². The molecule has 0 fully saturated rings. The third-order valence-corrected chi connectivity index (χ3v) is 2.12. The minimum absolute atomic E-state index is 0.0832. The lowest BCUT2D eigenvalue weighted by Crippen LogP contribution is -2.10. The average molecular weight is 226 g/mol. The summed E-state index contributed by atoms with van der Waals surface area (Å²) < 4.78 is 4.96. The predicted molar refractivity (Wildman–Crippen MR) is 64.1 cm³/mol. The van der Waals surface area contributed by atoms with Crippen LogP contribution in [0.3, 0.4) is 0 Å². The quantitative estimate of drug-likeness (QED) is 0.472. The van der Waals surface area contributed by atoms with Crippen LogP contribution in [0.5, 0.6) is 0 Å². The zero-order chi connectivity index (χ0) is 12.4. The molecule has 0 rings (SSSR count). The molecule has 0 saturated carbocycles. The molecule has 0 N–H and O–H groups in total. The van der Waals surface area contributed by atoms with Gasteiger partial charge in [0.15, 0.2) is 0 Å². The molecule has 16 heavy (non-hydrogen) atoms. The average Bonchev–Trinajstić information content (AvgIpc) is 2.16. The number of ether oxygens (including phenoxy) is 1. The first-order chi connectivity index (χ1) is 7.56. The van der Waals surface area contributed by atoms with E-state index in [1.54, 1.807) is 0 Å². The second-order valence-corrected chi connectivity index (χ2v) is 3.95. The molecule has 0 bridgehead atoms. The standard InChI is InChI=1S/C13H22O3/c1-4-8-13(15)10-7-5-6-9-11(2)16-12(3)14/h5-6,11H,4,7-10H2,1-3H3. The molecule has 0 aliphatic heterocycles. The van der Waals surface area contributed by atoms with E-state index in [1.807, 2.05) is 26.0 Å². The Hall–Kier alpha value is -1.12. The highest BCUT2D eigenvalue weighted by atomic mass is 16.5. The van der Waals surface area contributed by atoms with Gasteiger partial charge in [-0.25, -0.2) is 0 Å². The van der Waals surface area contributed by atoms with Crippen LogP contribution in [0.2, 0.25) is 0 Å². The van der Waals surface area contributed by atoms with Gasteiger partial charge in [-0.15, -0.1) is 0 Å². The van der Waals surface area contributed by atoms with Crippen LogP contribution >= 0.6 is 0 Å². The van der Waals surface area contributed by atoms with E-state index in [2.05, 4.69) is 0 Å². The molecule has 1 unspecified atom stereocenters. The number of Topliss-reactive ketones (excluding diaryl/α,β-unsaturated/α-hetero) is 1. The summed E-state index contributed by atoms with van der Waals surface area (Å²) >= 11 is 0. The van der Waals surface area contributed by atoms with Gasteiger partial charge in [-0.2, -0.15) is 0 Å². The van der Waals surface area contributed by atoms with Crippen molar-refractivity contribution in [1.29, 1.82) is 0 Å². The van der Waals surface area contributed by atoms with E-state index in [0.717, 1.165) is 12.8 Å². The van der Waals surface area contributed by atoms with Crippen LogP contribution < -0.4 is 0 Å². The number of allylic oxidation sites excluding steroid dienone is 1. The lowest BCUT2D eigenvalue weighted by molar-refractivity contribution is -0.145. The molecule has 3 heteroatoms. The molecule has 1 atom stereocenters. The molecule has 0 aliphatic carbocycles. The lowest BCUT2D eigenvalue weighted by Gasteiger charge is -2.08. The Labute approximate surface area is 97.9 Å². The van der Waals surface area contributed by atoms with E-state index in [9.17, 15) is 9.59 Å². The fourth-order valence-electron chi connectivity index (χ4n) is 1.39. The molecule has 3 nitrogen and oxygen atoms in total. The Morgan fingerprint density at radius 2 is 1.94 bits per heavy atom. The van der Waals surface area contributed by atoms with Crippen molar-refractivity contribution in [2.75, 3.05) is 0 Å². The molecule has 0 aliphatic rings. The summed E-state index contributed by atoms with van der Waals surface area (Å²) in [7, 11) is 0. The number of ketones is 1. The second kappa shape index (κ2) is 9.13. The lowest BCUT2D eigenvalue weighted by atomic mass is 10.1. The summed E-state index contributed by atoms with van der Waals surface area (Å²) in [5, 5.41) is 0. The fraction of sp³-hybridized carbons (Fsp3) is 0.692. The Morgan fingerprint density at radius 1 is 1.25 bits per heavy atom. The van der Waals surface area contributed by atoms with Crippen molar-refractivity contribution in [2.24, 2.45) is 0 Å². The molecule has 0 saturated heterocycles. The maximum absolute atomic E-state index is 11.2. The van der Waals surface area contributed by atoms with E-state index in [1.165, 1.54) is 6.92 Å². The highest BCUT2D eigenvalue weighted by Gasteiger charge is 2.02. The molecular weight excluding hydrogens is 204 g/mol. The molecule has 0 aromatic carbocycles. The van der Waals surface area contributed by atoms with Gasteiger partial charge in [0, 0.05) is 26.2 Å². The van der Waals surface area contributed by atoms with E-state index in [-0.39, 0.29) is 12.1 Å². The number of esters is 1. The predicted octanol–water partition coefficient (Wildman–Crippen LogP) is 3.03. The molecule has 92 valence electrons. The van der Waals surface area contributed by atoms with Crippen molar-refractivity contribution >= 4 is 11.8 Å². The van der Waals surface area contributed by atoms with Crippen LogP contribution in [0.25, 0.3) is 0 Å². The summed E-state index contributed by atoms with van der Waals surface area (Å²) in [5.74, 6) is 0.0687. The van der Waals surface area contributed by atoms with Crippen molar-refractivity contribution in [2.45, 2.75) is 59.0 Å². The van der Waals surface area contributed by atoms with Gasteiger partial charge in [-0.05, 0) is 19.8 Å². The van der Waals surface area contributed by atoms with Gasteiger partial charge in [-0.1, -0.05) is 19.1 Å². The van der Waals surface area contributed by atoms with Crippen LogP contribution in [-0.4, -0.2) is 17.9 Å². The van der Waals surface area contributed by atoms with Gasteiger partial charge in [0.2, 0.25) is 0 Å². The monoisotopic (exact) mass is 226 g/mol.